The minimum atomic E-state index is -0.168. The predicted octanol–water partition coefficient (Wildman–Crippen LogP) is 3.18. The number of benzene rings is 2. The van der Waals surface area contributed by atoms with Gasteiger partial charge in [-0.05, 0) is 30.2 Å². The summed E-state index contributed by atoms with van der Waals surface area (Å²) in [5.74, 6) is 0.405. The Labute approximate surface area is 203 Å². The van der Waals surface area contributed by atoms with Crippen LogP contribution >= 0.6 is 0 Å². The fourth-order valence-electron chi connectivity index (χ4n) is 4.30. The lowest BCUT2D eigenvalue weighted by Gasteiger charge is -2.35. The molecule has 0 atom stereocenters. The molecule has 1 aliphatic heterocycles. The third-order valence-corrected chi connectivity index (χ3v) is 6.30. The second-order valence-electron chi connectivity index (χ2n) is 8.78. The van der Waals surface area contributed by atoms with Crippen LogP contribution < -0.4 is 15.8 Å². The van der Waals surface area contributed by atoms with E-state index in [-0.39, 0.29) is 11.6 Å². The Hall–Kier alpha value is -4.20. The van der Waals surface area contributed by atoms with E-state index in [1.165, 1.54) is 5.56 Å². The van der Waals surface area contributed by atoms with Crippen LogP contribution in [0.15, 0.2) is 77.7 Å². The first-order valence-corrected chi connectivity index (χ1v) is 11.8. The SMILES string of the molecule is Cc1ccc(Cn2c(=O)c(N3CCN(C(=O)NCc4ccccc4)CC3)nc3cccnc32)cc1. The van der Waals surface area contributed by atoms with Gasteiger partial charge in [0.1, 0.15) is 5.52 Å². The lowest BCUT2D eigenvalue weighted by molar-refractivity contribution is 0.193. The number of nitrogens with one attached hydrogen (secondary N) is 1. The van der Waals surface area contributed by atoms with Gasteiger partial charge in [-0.3, -0.25) is 9.36 Å². The molecule has 1 aliphatic rings. The van der Waals surface area contributed by atoms with Crippen molar-refractivity contribution in [1.29, 1.82) is 0 Å². The molecule has 5 rings (SSSR count). The summed E-state index contributed by atoms with van der Waals surface area (Å²) in [6.45, 7) is 5.07. The van der Waals surface area contributed by atoms with Gasteiger partial charge in [0, 0.05) is 38.9 Å². The molecular weight excluding hydrogens is 440 g/mol. The van der Waals surface area contributed by atoms with E-state index in [1.807, 2.05) is 78.6 Å². The first-order chi connectivity index (χ1) is 17.1. The highest BCUT2D eigenvalue weighted by Gasteiger charge is 2.25. The largest absolute Gasteiger partial charge is 0.348 e. The molecule has 0 unspecified atom stereocenters. The molecule has 2 aromatic carbocycles. The van der Waals surface area contributed by atoms with Gasteiger partial charge in [-0.2, -0.15) is 0 Å². The number of pyridine rings is 1. The molecule has 1 saturated heterocycles. The number of fused-ring (bicyclic) bond motifs is 1. The second-order valence-corrected chi connectivity index (χ2v) is 8.78. The van der Waals surface area contributed by atoms with Gasteiger partial charge in [0.25, 0.3) is 5.56 Å². The summed E-state index contributed by atoms with van der Waals surface area (Å²) in [4.78, 5) is 39.1. The maximum Gasteiger partial charge on any atom is 0.317 e. The monoisotopic (exact) mass is 468 g/mol. The maximum atomic E-state index is 13.6. The number of aryl methyl sites for hydroxylation is 1. The molecule has 35 heavy (non-hydrogen) atoms. The Bertz CT molecular complexity index is 1380. The van der Waals surface area contributed by atoms with Crippen molar-refractivity contribution in [1.82, 2.24) is 24.8 Å². The highest BCUT2D eigenvalue weighted by Crippen LogP contribution is 2.16. The van der Waals surface area contributed by atoms with E-state index in [4.69, 9.17) is 0 Å². The first kappa shape index (κ1) is 22.6. The Morgan fingerprint density at radius 2 is 1.66 bits per heavy atom. The number of hydrogen-bond donors (Lipinski definition) is 1. The standard InChI is InChI=1S/C27H28N6O2/c1-20-9-11-22(12-10-20)19-33-24-23(8-5-13-28-24)30-25(26(33)34)31-14-16-32(17-15-31)27(35)29-18-21-6-3-2-4-7-21/h2-13H,14-19H2,1H3,(H,29,35). The minimum absolute atomic E-state index is 0.0963. The average molecular weight is 469 g/mol. The minimum Gasteiger partial charge on any atom is -0.348 e. The van der Waals surface area contributed by atoms with E-state index in [1.54, 1.807) is 15.7 Å². The van der Waals surface area contributed by atoms with E-state index in [9.17, 15) is 9.59 Å². The van der Waals surface area contributed by atoms with Crippen molar-refractivity contribution in [2.24, 2.45) is 0 Å². The highest BCUT2D eigenvalue weighted by molar-refractivity contribution is 5.75. The fourth-order valence-corrected chi connectivity index (χ4v) is 4.30. The molecule has 2 amide bonds. The third-order valence-electron chi connectivity index (χ3n) is 6.30. The lowest BCUT2D eigenvalue weighted by Crippen LogP contribution is -2.53. The lowest BCUT2D eigenvalue weighted by atomic mass is 10.1. The molecule has 8 nitrogen and oxygen atoms in total. The van der Waals surface area contributed by atoms with E-state index in [2.05, 4.69) is 15.3 Å². The van der Waals surface area contributed by atoms with Crippen molar-refractivity contribution in [2.75, 3.05) is 31.1 Å². The smallest absolute Gasteiger partial charge is 0.317 e. The van der Waals surface area contributed by atoms with E-state index < -0.39 is 0 Å². The van der Waals surface area contributed by atoms with Crippen molar-refractivity contribution in [3.05, 3.63) is 100.0 Å². The second kappa shape index (κ2) is 9.97. The third kappa shape index (κ3) is 5.01. The van der Waals surface area contributed by atoms with Gasteiger partial charge in [-0.15, -0.1) is 0 Å². The number of piperazine rings is 1. The van der Waals surface area contributed by atoms with Gasteiger partial charge in [0.15, 0.2) is 11.5 Å². The zero-order valence-electron chi connectivity index (χ0n) is 19.7. The summed E-state index contributed by atoms with van der Waals surface area (Å²) < 4.78 is 1.70. The summed E-state index contributed by atoms with van der Waals surface area (Å²) in [6.07, 6.45) is 1.68. The summed E-state index contributed by atoms with van der Waals surface area (Å²) in [5, 5.41) is 2.98. The number of urea groups is 1. The van der Waals surface area contributed by atoms with Crippen LogP contribution in [0.5, 0.6) is 0 Å². The summed E-state index contributed by atoms with van der Waals surface area (Å²) >= 11 is 0. The number of carbonyl (C=O) groups is 1. The van der Waals surface area contributed by atoms with E-state index in [0.29, 0.717) is 56.3 Å². The molecule has 8 heteroatoms. The zero-order chi connectivity index (χ0) is 24.2. The maximum absolute atomic E-state index is 13.6. The van der Waals surface area contributed by atoms with Crippen molar-refractivity contribution >= 4 is 23.0 Å². The van der Waals surface area contributed by atoms with Crippen LogP contribution in [0.1, 0.15) is 16.7 Å². The number of nitrogens with zero attached hydrogens (tertiary/aromatic N) is 5. The van der Waals surface area contributed by atoms with Gasteiger partial charge in [-0.25, -0.2) is 14.8 Å². The highest BCUT2D eigenvalue weighted by atomic mass is 16.2. The van der Waals surface area contributed by atoms with Crippen LogP contribution in [-0.4, -0.2) is 51.6 Å². The molecule has 0 radical (unpaired) electrons. The predicted molar refractivity (Wildman–Crippen MR) is 137 cm³/mol. The van der Waals surface area contributed by atoms with Crippen LogP contribution in [0.2, 0.25) is 0 Å². The van der Waals surface area contributed by atoms with Gasteiger partial charge < -0.3 is 15.1 Å². The average Bonchev–Trinajstić information content (AvgIpc) is 2.90. The Morgan fingerprint density at radius 3 is 2.40 bits per heavy atom. The summed E-state index contributed by atoms with van der Waals surface area (Å²) in [5.41, 5.74) is 4.34. The van der Waals surface area contributed by atoms with Crippen molar-refractivity contribution in [2.45, 2.75) is 20.0 Å². The zero-order valence-corrected chi connectivity index (χ0v) is 19.7. The van der Waals surface area contributed by atoms with E-state index >= 15 is 0 Å². The number of carbonyl (C=O) groups excluding carboxylic acids is 1. The Morgan fingerprint density at radius 1 is 0.914 bits per heavy atom. The quantitative estimate of drug-likeness (QED) is 0.486. The fraction of sp³-hybridized carbons (Fsp3) is 0.259. The Kier molecular flexibility index (Phi) is 6.43. The van der Waals surface area contributed by atoms with Gasteiger partial charge in [-0.1, -0.05) is 60.2 Å². The molecule has 0 aliphatic carbocycles. The van der Waals surface area contributed by atoms with Crippen molar-refractivity contribution < 1.29 is 4.79 Å². The van der Waals surface area contributed by atoms with Gasteiger partial charge in [0.2, 0.25) is 0 Å². The first-order valence-electron chi connectivity index (χ1n) is 11.8. The molecule has 0 saturated carbocycles. The molecule has 0 spiro atoms. The number of aromatic nitrogens is 3. The molecule has 178 valence electrons. The van der Waals surface area contributed by atoms with Crippen LogP contribution in [-0.2, 0) is 13.1 Å². The number of hydrogen-bond acceptors (Lipinski definition) is 5. The normalized spacial score (nSPS) is 13.7. The molecule has 4 aromatic rings. The van der Waals surface area contributed by atoms with Crippen LogP contribution in [0.3, 0.4) is 0 Å². The van der Waals surface area contributed by atoms with Gasteiger partial charge in [0.05, 0.1) is 6.54 Å². The van der Waals surface area contributed by atoms with Gasteiger partial charge >= 0.3 is 6.03 Å². The van der Waals surface area contributed by atoms with Crippen molar-refractivity contribution in [3.8, 4) is 0 Å². The topological polar surface area (TPSA) is 83.4 Å². The molecule has 1 fully saturated rings. The molecule has 1 N–H and O–H groups in total. The van der Waals surface area contributed by atoms with E-state index in [0.717, 1.165) is 11.1 Å². The summed E-state index contributed by atoms with van der Waals surface area (Å²) in [6, 6.07) is 21.6. The number of rotatable bonds is 5. The molecule has 0 bridgehead atoms. The molecule has 3 heterocycles. The Balaban J connectivity index is 1.33. The van der Waals surface area contributed by atoms with Crippen LogP contribution in [0.4, 0.5) is 10.6 Å². The number of amides is 2. The molecule has 2 aromatic heterocycles. The van der Waals surface area contributed by atoms with Crippen LogP contribution in [0, 0.1) is 6.92 Å². The van der Waals surface area contributed by atoms with Crippen LogP contribution in [0.25, 0.3) is 11.2 Å². The number of anilines is 1. The summed E-state index contributed by atoms with van der Waals surface area (Å²) in [7, 11) is 0. The van der Waals surface area contributed by atoms with Crippen molar-refractivity contribution in [3.63, 3.8) is 0 Å². The molecular formula is C27H28N6O2.